The maximum absolute atomic E-state index is 10.4. The minimum atomic E-state index is 0.146. The van der Waals surface area contributed by atoms with Crippen LogP contribution in [0.2, 0.25) is 0 Å². The third kappa shape index (κ3) is 1.76. The van der Waals surface area contributed by atoms with Gasteiger partial charge in [-0.2, -0.15) is 0 Å². The molecule has 2 rings (SSSR count). The fourth-order valence-electron chi connectivity index (χ4n) is 1.41. The molecule has 0 amide bonds. The molecule has 2 aromatic rings. The van der Waals surface area contributed by atoms with E-state index in [1.54, 1.807) is 18.2 Å². The van der Waals surface area contributed by atoms with Crippen LogP contribution in [-0.2, 0) is 0 Å². The van der Waals surface area contributed by atoms with Gasteiger partial charge in [-0.05, 0) is 31.2 Å². The molecule has 76 valence electrons. The van der Waals surface area contributed by atoms with Gasteiger partial charge in [0.25, 0.3) is 0 Å². The minimum absolute atomic E-state index is 0.146. The number of rotatable bonds is 2. The zero-order chi connectivity index (χ0) is 10.8. The van der Waals surface area contributed by atoms with Crippen LogP contribution in [0.5, 0.6) is 5.75 Å². The zero-order valence-electron chi connectivity index (χ0n) is 8.23. The van der Waals surface area contributed by atoms with Crippen LogP contribution in [0.25, 0.3) is 11.3 Å². The summed E-state index contributed by atoms with van der Waals surface area (Å²) < 4.78 is 5.23. The second-order valence-electron chi connectivity index (χ2n) is 3.34. The molecule has 0 aliphatic rings. The Hall–Kier alpha value is -2.03. The van der Waals surface area contributed by atoms with Crippen molar-refractivity contribution < 1.29 is 14.3 Å². The molecule has 1 heterocycles. The van der Waals surface area contributed by atoms with Crippen LogP contribution >= 0.6 is 0 Å². The number of hydrogen-bond donors (Lipinski definition) is 1. The topological polar surface area (TPSA) is 50.4 Å². The normalized spacial score (nSPS) is 10.2. The standard InChI is InChI=1S/C12H10O3/c1-8-2-4-11(14)10(6-8)12-5-3-9(7-13)15-12/h2-7,14H,1H3. The molecule has 3 nitrogen and oxygen atoms in total. The highest BCUT2D eigenvalue weighted by molar-refractivity contribution is 5.74. The second-order valence-corrected chi connectivity index (χ2v) is 3.34. The van der Waals surface area contributed by atoms with Crippen molar-refractivity contribution in [2.75, 3.05) is 0 Å². The summed E-state index contributed by atoms with van der Waals surface area (Å²) in [5, 5.41) is 9.62. The summed E-state index contributed by atoms with van der Waals surface area (Å²) in [6.07, 6.45) is 0.635. The lowest BCUT2D eigenvalue weighted by molar-refractivity contribution is 0.110. The van der Waals surface area contributed by atoms with E-state index in [4.69, 9.17) is 4.42 Å². The van der Waals surface area contributed by atoms with Gasteiger partial charge in [-0.3, -0.25) is 4.79 Å². The molecule has 15 heavy (non-hydrogen) atoms. The molecule has 0 fully saturated rings. The van der Waals surface area contributed by atoms with Crippen LogP contribution in [0.4, 0.5) is 0 Å². The van der Waals surface area contributed by atoms with Crippen LogP contribution in [0.3, 0.4) is 0 Å². The van der Waals surface area contributed by atoms with Crippen LogP contribution in [0.15, 0.2) is 34.7 Å². The van der Waals surface area contributed by atoms with E-state index in [1.165, 1.54) is 0 Å². The highest BCUT2D eigenvalue weighted by atomic mass is 16.3. The number of aromatic hydroxyl groups is 1. The number of aldehydes is 1. The zero-order valence-corrected chi connectivity index (χ0v) is 8.23. The van der Waals surface area contributed by atoms with Crippen molar-refractivity contribution in [3.63, 3.8) is 0 Å². The van der Waals surface area contributed by atoms with Gasteiger partial charge in [0.05, 0.1) is 5.56 Å². The smallest absolute Gasteiger partial charge is 0.185 e. The van der Waals surface area contributed by atoms with Crippen molar-refractivity contribution in [1.82, 2.24) is 0 Å². The van der Waals surface area contributed by atoms with Gasteiger partial charge in [-0.25, -0.2) is 0 Å². The fourth-order valence-corrected chi connectivity index (χ4v) is 1.41. The van der Waals surface area contributed by atoms with Crippen LogP contribution in [0, 0.1) is 6.92 Å². The molecule has 0 saturated heterocycles. The van der Waals surface area contributed by atoms with Gasteiger partial charge in [0.2, 0.25) is 0 Å². The van der Waals surface area contributed by atoms with E-state index in [0.717, 1.165) is 5.56 Å². The van der Waals surface area contributed by atoms with Gasteiger partial charge in [0, 0.05) is 0 Å². The number of benzene rings is 1. The Morgan fingerprint density at radius 2 is 2.07 bits per heavy atom. The van der Waals surface area contributed by atoms with Gasteiger partial charge >= 0.3 is 0 Å². The van der Waals surface area contributed by atoms with Gasteiger partial charge in [0.15, 0.2) is 12.0 Å². The Bertz CT molecular complexity index is 497. The fraction of sp³-hybridized carbons (Fsp3) is 0.0833. The van der Waals surface area contributed by atoms with Crippen molar-refractivity contribution in [2.45, 2.75) is 6.92 Å². The van der Waals surface area contributed by atoms with Gasteiger partial charge in [-0.15, -0.1) is 0 Å². The van der Waals surface area contributed by atoms with E-state index < -0.39 is 0 Å². The number of aryl methyl sites for hydroxylation is 1. The Morgan fingerprint density at radius 1 is 1.27 bits per heavy atom. The van der Waals surface area contributed by atoms with E-state index in [1.807, 2.05) is 19.1 Å². The molecule has 1 aromatic carbocycles. The lowest BCUT2D eigenvalue weighted by Crippen LogP contribution is -1.78. The average molecular weight is 202 g/mol. The van der Waals surface area contributed by atoms with E-state index in [0.29, 0.717) is 17.6 Å². The lowest BCUT2D eigenvalue weighted by atomic mass is 10.1. The third-order valence-electron chi connectivity index (χ3n) is 2.16. The average Bonchev–Trinajstić information content (AvgIpc) is 2.70. The highest BCUT2D eigenvalue weighted by Crippen LogP contribution is 2.30. The van der Waals surface area contributed by atoms with Gasteiger partial charge in [-0.1, -0.05) is 11.6 Å². The van der Waals surface area contributed by atoms with E-state index in [-0.39, 0.29) is 11.5 Å². The first kappa shape index (κ1) is 9.52. The molecular weight excluding hydrogens is 192 g/mol. The molecule has 0 radical (unpaired) electrons. The minimum Gasteiger partial charge on any atom is -0.507 e. The third-order valence-corrected chi connectivity index (χ3v) is 2.16. The Kier molecular flexibility index (Phi) is 2.29. The molecule has 0 spiro atoms. The predicted octanol–water partition coefficient (Wildman–Crippen LogP) is 2.77. The van der Waals surface area contributed by atoms with E-state index in [9.17, 15) is 9.90 Å². The summed E-state index contributed by atoms with van der Waals surface area (Å²) in [6, 6.07) is 8.46. The number of carbonyl (C=O) groups excluding carboxylic acids is 1. The molecule has 0 aliphatic carbocycles. The summed E-state index contributed by atoms with van der Waals surface area (Å²) in [4.78, 5) is 10.4. The largest absolute Gasteiger partial charge is 0.507 e. The molecule has 0 aliphatic heterocycles. The molecule has 0 atom stereocenters. The number of phenols is 1. The summed E-state index contributed by atoms with van der Waals surface area (Å²) in [6.45, 7) is 1.92. The van der Waals surface area contributed by atoms with Crippen LogP contribution in [-0.4, -0.2) is 11.4 Å². The monoisotopic (exact) mass is 202 g/mol. The number of furan rings is 1. The predicted molar refractivity (Wildman–Crippen MR) is 55.9 cm³/mol. The lowest BCUT2D eigenvalue weighted by Gasteiger charge is -2.01. The van der Waals surface area contributed by atoms with Crippen molar-refractivity contribution in [3.8, 4) is 17.1 Å². The molecule has 3 heteroatoms. The summed E-state index contributed by atoms with van der Waals surface area (Å²) >= 11 is 0. The maximum atomic E-state index is 10.4. The Morgan fingerprint density at radius 3 is 2.73 bits per heavy atom. The molecule has 0 bridgehead atoms. The molecule has 1 aromatic heterocycles. The van der Waals surface area contributed by atoms with E-state index in [2.05, 4.69) is 0 Å². The highest BCUT2D eigenvalue weighted by Gasteiger charge is 2.08. The Balaban J connectivity index is 2.52. The molecule has 1 N–H and O–H groups in total. The quantitative estimate of drug-likeness (QED) is 0.762. The SMILES string of the molecule is Cc1ccc(O)c(-c2ccc(C=O)o2)c1. The van der Waals surface area contributed by atoms with Crippen LogP contribution in [0.1, 0.15) is 16.1 Å². The molecule has 0 saturated carbocycles. The summed E-state index contributed by atoms with van der Waals surface area (Å²) in [5.74, 6) is 0.900. The van der Waals surface area contributed by atoms with Crippen molar-refractivity contribution in [3.05, 3.63) is 41.7 Å². The summed E-state index contributed by atoms with van der Waals surface area (Å²) in [5.41, 5.74) is 1.62. The Labute approximate surface area is 87.0 Å². The molecule has 0 unspecified atom stereocenters. The number of carbonyl (C=O) groups is 1. The number of hydrogen-bond acceptors (Lipinski definition) is 3. The van der Waals surface area contributed by atoms with Gasteiger partial charge in [0.1, 0.15) is 11.5 Å². The van der Waals surface area contributed by atoms with E-state index >= 15 is 0 Å². The first-order valence-electron chi connectivity index (χ1n) is 4.55. The van der Waals surface area contributed by atoms with Crippen LogP contribution < -0.4 is 0 Å². The summed E-state index contributed by atoms with van der Waals surface area (Å²) in [7, 11) is 0. The van der Waals surface area contributed by atoms with Crippen molar-refractivity contribution >= 4 is 6.29 Å². The maximum Gasteiger partial charge on any atom is 0.185 e. The first-order chi connectivity index (χ1) is 7.20. The molecular formula is C12H10O3. The number of phenolic OH excluding ortho intramolecular Hbond substituents is 1. The van der Waals surface area contributed by atoms with Gasteiger partial charge < -0.3 is 9.52 Å². The second kappa shape index (κ2) is 3.61. The van der Waals surface area contributed by atoms with Crippen molar-refractivity contribution in [2.24, 2.45) is 0 Å². The first-order valence-corrected chi connectivity index (χ1v) is 4.55. The van der Waals surface area contributed by atoms with Crippen molar-refractivity contribution in [1.29, 1.82) is 0 Å².